The minimum absolute atomic E-state index is 0.114. The van der Waals surface area contributed by atoms with Crippen LogP contribution in [0.3, 0.4) is 0 Å². The summed E-state index contributed by atoms with van der Waals surface area (Å²) in [5.41, 5.74) is 2.25. The minimum atomic E-state index is -0.405. The van der Waals surface area contributed by atoms with E-state index in [-0.39, 0.29) is 18.1 Å². The van der Waals surface area contributed by atoms with Crippen LogP contribution in [0.25, 0.3) is 6.08 Å². The highest BCUT2D eigenvalue weighted by atomic mass is 32.1. The molecular weight excluding hydrogens is 450 g/mol. The average Bonchev–Trinajstić information content (AvgIpc) is 3.54. The Balaban J connectivity index is 1.47. The Bertz CT molecular complexity index is 1200. The van der Waals surface area contributed by atoms with Crippen molar-refractivity contribution in [2.45, 2.75) is 19.4 Å². The summed E-state index contributed by atoms with van der Waals surface area (Å²) in [6.07, 6.45) is 3.07. The largest absolute Gasteiger partial charge is 0.497 e. The SMILES string of the molecule is COc1ccc(C(=O)N/C(=C\c2cccs2)C(=O)NCc2cccc(N3CCCC3=O)c2)cc1. The van der Waals surface area contributed by atoms with Crippen molar-refractivity contribution < 1.29 is 19.1 Å². The second-order valence-corrected chi connectivity index (χ2v) is 8.74. The predicted molar refractivity (Wildman–Crippen MR) is 133 cm³/mol. The molecule has 0 bridgehead atoms. The molecule has 34 heavy (non-hydrogen) atoms. The van der Waals surface area contributed by atoms with E-state index in [4.69, 9.17) is 4.74 Å². The number of carbonyl (C=O) groups excluding carboxylic acids is 3. The highest BCUT2D eigenvalue weighted by molar-refractivity contribution is 7.10. The van der Waals surface area contributed by atoms with Gasteiger partial charge >= 0.3 is 0 Å². The van der Waals surface area contributed by atoms with Crippen molar-refractivity contribution in [3.05, 3.63) is 87.7 Å². The maximum absolute atomic E-state index is 13.0. The molecule has 1 fully saturated rings. The molecule has 1 aromatic heterocycles. The Kier molecular flexibility index (Phi) is 7.39. The van der Waals surface area contributed by atoms with Gasteiger partial charge < -0.3 is 20.3 Å². The molecule has 2 aromatic carbocycles. The zero-order valence-electron chi connectivity index (χ0n) is 18.7. The molecule has 3 amide bonds. The monoisotopic (exact) mass is 475 g/mol. The molecule has 7 nitrogen and oxygen atoms in total. The lowest BCUT2D eigenvalue weighted by Gasteiger charge is -2.17. The van der Waals surface area contributed by atoms with Crippen LogP contribution in [0.4, 0.5) is 5.69 Å². The van der Waals surface area contributed by atoms with E-state index in [1.807, 2.05) is 41.8 Å². The van der Waals surface area contributed by atoms with Crippen LogP contribution in [-0.4, -0.2) is 31.4 Å². The van der Waals surface area contributed by atoms with Crippen molar-refractivity contribution in [1.82, 2.24) is 10.6 Å². The molecule has 0 saturated carbocycles. The fraction of sp³-hybridized carbons (Fsp3) is 0.192. The molecule has 174 valence electrons. The fourth-order valence-corrected chi connectivity index (χ4v) is 4.30. The number of methoxy groups -OCH3 is 1. The van der Waals surface area contributed by atoms with Gasteiger partial charge in [0.05, 0.1) is 7.11 Å². The van der Waals surface area contributed by atoms with E-state index in [2.05, 4.69) is 10.6 Å². The highest BCUT2D eigenvalue weighted by Crippen LogP contribution is 2.22. The molecule has 4 rings (SSSR count). The van der Waals surface area contributed by atoms with Gasteiger partial charge in [0.15, 0.2) is 0 Å². The first-order chi connectivity index (χ1) is 16.5. The molecule has 0 atom stereocenters. The van der Waals surface area contributed by atoms with E-state index in [1.165, 1.54) is 11.3 Å². The van der Waals surface area contributed by atoms with Crippen molar-refractivity contribution in [2.75, 3.05) is 18.6 Å². The van der Waals surface area contributed by atoms with E-state index >= 15 is 0 Å². The van der Waals surface area contributed by atoms with Crippen LogP contribution in [0.1, 0.15) is 33.6 Å². The number of nitrogens with zero attached hydrogens (tertiary/aromatic N) is 1. The molecule has 0 unspecified atom stereocenters. The number of carbonyl (C=O) groups is 3. The standard InChI is InChI=1S/C26H25N3O4S/c1-33-21-11-9-19(10-12-21)25(31)28-23(16-22-7-4-14-34-22)26(32)27-17-18-5-2-6-20(15-18)29-13-3-8-24(29)30/h2,4-7,9-12,14-16H,3,8,13,17H2,1H3,(H,27,32)(H,28,31)/b23-16-. The normalized spacial score (nSPS) is 13.6. The van der Waals surface area contributed by atoms with Gasteiger partial charge in [-0.3, -0.25) is 14.4 Å². The number of ether oxygens (including phenoxy) is 1. The number of hydrogen-bond acceptors (Lipinski definition) is 5. The first-order valence-corrected chi connectivity index (χ1v) is 11.8. The topological polar surface area (TPSA) is 87.7 Å². The summed E-state index contributed by atoms with van der Waals surface area (Å²) in [7, 11) is 1.56. The number of nitrogens with one attached hydrogen (secondary N) is 2. The van der Waals surface area contributed by atoms with Crippen molar-refractivity contribution >= 4 is 40.8 Å². The van der Waals surface area contributed by atoms with E-state index in [9.17, 15) is 14.4 Å². The molecule has 8 heteroatoms. The summed E-state index contributed by atoms with van der Waals surface area (Å²) in [6, 6.07) is 18.0. The lowest BCUT2D eigenvalue weighted by atomic mass is 10.1. The van der Waals surface area contributed by atoms with Gasteiger partial charge in [0.25, 0.3) is 11.8 Å². The second kappa shape index (κ2) is 10.8. The highest BCUT2D eigenvalue weighted by Gasteiger charge is 2.22. The Morgan fingerprint density at radius 2 is 1.94 bits per heavy atom. The summed E-state index contributed by atoms with van der Waals surface area (Å²) in [5, 5.41) is 7.51. The molecule has 0 radical (unpaired) electrons. The first-order valence-electron chi connectivity index (χ1n) is 10.9. The van der Waals surface area contributed by atoms with E-state index < -0.39 is 11.8 Å². The van der Waals surface area contributed by atoms with Gasteiger partial charge in [-0.25, -0.2) is 0 Å². The third-order valence-corrected chi connectivity index (χ3v) is 6.24. The van der Waals surface area contributed by atoms with Gasteiger partial charge in [-0.1, -0.05) is 18.2 Å². The Hall–Kier alpha value is -3.91. The van der Waals surface area contributed by atoms with Crippen LogP contribution in [0, 0.1) is 0 Å². The average molecular weight is 476 g/mol. The lowest BCUT2D eigenvalue weighted by Crippen LogP contribution is -2.34. The van der Waals surface area contributed by atoms with Gasteiger partial charge in [0.2, 0.25) is 5.91 Å². The molecule has 1 aliphatic heterocycles. The van der Waals surface area contributed by atoms with Crippen LogP contribution in [0.2, 0.25) is 0 Å². The second-order valence-electron chi connectivity index (χ2n) is 7.76. The van der Waals surface area contributed by atoms with Crippen LogP contribution in [-0.2, 0) is 16.1 Å². The summed E-state index contributed by atoms with van der Waals surface area (Å²) >= 11 is 1.47. The summed E-state index contributed by atoms with van der Waals surface area (Å²) < 4.78 is 5.13. The van der Waals surface area contributed by atoms with Gasteiger partial charge in [0.1, 0.15) is 11.4 Å². The van der Waals surface area contributed by atoms with Crippen molar-refractivity contribution in [3.63, 3.8) is 0 Å². The van der Waals surface area contributed by atoms with Gasteiger partial charge in [0, 0.05) is 35.6 Å². The molecule has 2 heterocycles. The first kappa shape index (κ1) is 23.3. The van der Waals surface area contributed by atoms with Gasteiger partial charge in [-0.05, 0) is 65.9 Å². The van der Waals surface area contributed by atoms with Crippen molar-refractivity contribution in [1.29, 1.82) is 0 Å². The molecule has 2 N–H and O–H groups in total. The van der Waals surface area contributed by atoms with Gasteiger partial charge in [-0.2, -0.15) is 0 Å². The summed E-state index contributed by atoms with van der Waals surface area (Å²) in [5.74, 6) is -0.0434. The van der Waals surface area contributed by atoms with Crippen LogP contribution in [0.5, 0.6) is 5.75 Å². The maximum Gasteiger partial charge on any atom is 0.268 e. The Morgan fingerprint density at radius 3 is 2.62 bits per heavy atom. The van der Waals surface area contributed by atoms with Crippen LogP contribution in [0.15, 0.2) is 71.7 Å². The van der Waals surface area contributed by atoms with Gasteiger partial charge in [-0.15, -0.1) is 11.3 Å². The molecule has 1 saturated heterocycles. The van der Waals surface area contributed by atoms with Crippen LogP contribution < -0.4 is 20.3 Å². The maximum atomic E-state index is 13.0. The molecular formula is C26H25N3O4S. The van der Waals surface area contributed by atoms with E-state index in [0.717, 1.165) is 22.5 Å². The number of thiophene rings is 1. The predicted octanol–water partition coefficient (Wildman–Crippen LogP) is 3.97. The summed E-state index contributed by atoms with van der Waals surface area (Å²) in [6.45, 7) is 0.967. The van der Waals surface area contributed by atoms with Crippen molar-refractivity contribution in [2.24, 2.45) is 0 Å². The summed E-state index contributed by atoms with van der Waals surface area (Å²) in [4.78, 5) is 40.5. The fourth-order valence-electron chi connectivity index (χ4n) is 3.64. The molecule has 0 spiro atoms. The third kappa shape index (κ3) is 5.71. The molecule has 1 aliphatic rings. The number of amides is 3. The van der Waals surface area contributed by atoms with Crippen LogP contribution >= 0.6 is 11.3 Å². The minimum Gasteiger partial charge on any atom is -0.497 e. The zero-order chi connectivity index (χ0) is 23.9. The van der Waals surface area contributed by atoms with E-state index in [1.54, 1.807) is 42.4 Å². The smallest absolute Gasteiger partial charge is 0.268 e. The molecule has 3 aromatic rings. The third-order valence-electron chi connectivity index (χ3n) is 5.42. The number of rotatable bonds is 8. The van der Waals surface area contributed by atoms with E-state index in [0.29, 0.717) is 24.3 Å². The zero-order valence-corrected chi connectivity index (χ0v) is 19.6. The lowest BCUT2D eigenvalue weighted by molar-refractivity contribution is -0.118. The van der Waals surface area contributed by atoms with Crippen molar-refractivity contribution in [3.8, 4) is 5.75 Å². The quantitative estimate of drug-likeness (QED) is 0.483. The number of hydrogen-bond donors (Lipinski definition) is 2. The molecule has 0 aliphatic carbocycles. The number of benzene rings is 2. The Morgan fingerprint density at radius 1 is 1.12 bits per heavy atom. The number of anilines is 1. The Labute approximate surface area is 202 Å².